The largest absolute Gasteiger partial charge is 0.465 e. The topological polar surface area (TPSA) is 62.8 Å². The van der Waals surface area contributed by atoms with E-state index in [1.165, 1.54) is 18.4 Å². The Hall–Kier alpha value is -1.22. The Labute approximate surface area is 139 Å². The maximum Gasteiger partial charge on any atom is 0.340 e. The molecule has 0 aliphatic carbocycles. The van der Waals surface area contributed by atoms with E-state index in [1.807, 2.05) is 6.92 Å². The fraction of sp³-hybridized carbons (Fsp3) is 0.571. The SMILES string of the molecule is COC(=O)c1cc(C)sc1NC(=S)NCCN1CCOCC1. The standard InChI is InChI=1S/C14H21N3O3S2/c1-10-9-11(13(18)19-2)12(22-10)16-14(21)15-3-4-17-5-7-20-8-6-17/h9H,3-8H2,1-2H3,(H2,15,16,21). The predicted molar refractivity (Wildman–Crippen MR) is 91.9 cm³/mol. The molecule has 0 spiro atoms. The van der Waals surface area contributed by atoms with Crippen LogP contribution in [0.1, 0.15) is 15.2 Å². The van der Waals surface area contributed by atoms with Gasteiger partial charge in [-0.2, -0.15) is 0 Å². The maximum absolute atomic E-state index is 11.7. The summed E-state index contributed by atoms with van der Waals surface area (Å²) in [4.78, 5) is 15.1. The fourth-order valence-corrected chi connectivity index (χ4v) is 3.34. The van der Waals surface area contributed by atoms with Crippen molar-refractivity contribution < 1.29 is 14.3 Å². The molecule has 1 aromatic heterocycles. The van der Waals surface area contributed by atoms with Gasteiger partial charge in [-0.05, 0) is 25.2 Å². The number of thiocarbonyl (C=S) groups is 1. The molecule has 1 aliphatic rings. The van der Waals surface area contributed by atoms with Gasteiger partial charge in [0.15, 0.2) is 5.11 Å². The van der Waals surface area contributed by atoms with Gasteiger partial charge in [-0.25, -0.2) is 4.79 Å². The number of hydrogen-bond acceptors (Lipinski definition) is 6. The molecule has 0 unspecified atom stereocenters. The minimum absolute atomic E-state index is 0.358. The van der Waals surface area contributed by atoms with Crippen molar-refractivity contribution in [1.29, 1.82) is 0 Å². The van der Waals surface area contributed by atoms with E-state index < -0.39 is 0 Å². The third kappa shape index (κ3) is 4.91. The highest BCUT2D eigenvalue weighted by Gasteiger charge is 2.16. The second-order valence-electron chi connectivity index (χ2n) is 4.93. The van der Waals surface area contributed by atoms with Crippen molar-refractivity contribution in [2.24, 2.45) is 0 Å². The molecule has 2 N–H and O–H groups in total. The first-order valence-electron chi connectivity index (χ1n) is 7.14. The molecule has 6 nitrogen and oxygen atoms in total. The van der Waals surface area contributed by atoms with E-state index in [4.69, 9.17) is 21.7 Å². The van der Waals surface area contributed by atoms with Gasteiger partial charge >= 0.3 is 5.97 Å². The normalized spacial score (nSPS) is 15.4. The molecule has 0 atom stereocenters. The van der Waals surface area contributed by atoms with Crippen LogP contribution in [0, 0.1) is 6.92 Å². The molecule has 0 saturated carbocycles. The van der Waals surface area contributed by atoms with Crippen LogP contribution in [0.2, 0.25) is 0 Å². The Balaban J connectivity index is 1.80. The molecule has 22 heavy (non-hydrogen) atoms. The first-order chi connectivity index (χ1) is 10.6. The molecular weight excluding hydrogens is 322 g/mol. The Kier molecular flexibility index (Phi) is 6.56. The van der Waals surface area contributed by atoms with Gasteiger partial charge in [-0.15, -0.1) is 11.3 Å². The van der Waals surface area contributed by atoms with Crippen LogP contribution in [0.5, 0.6) is 0 Å². The van der Waals surface area contributed by atoms with Gasteiger partial charge in [0.2, 0.25) is 0 Å². The summed E-state index contributed by atoms with van der Waals surface area (Å²) in [6, 6.07) is 1.80. The Morgan fingerprint density at radius 1 is 1.50 bits per heavy atom. The zero-order valence-electron chi connectivity index (χ0n) is 12.8. The van der Waals surface area contributed by atoms with Gasteiger partial charge in [-0.3, -0.25) is 4.90 Å². The van der Waals surface area contributed by atoms with E-state index >= 15 is 0 Å². The molecular formula is C14H21N3O3S2. The Morgan fingerprint density at radius 3 is 2.91 bits per heavy atom. The van der Waals surface area contributed by atoms with E-state index in [1.54, 1.807) is 6.07 Å². The summed E-state index contributed by atoms with van der Waals surface area (Å²) in [5, 5.41) is 7.47. The highest BCUT2D eigenvalue weighted by atomic mass is 32.1. The Morgan fingerprint density at radius 2 is 2.23 bits per heavy atom. The summed E-state index contributed by atoms with van der Waals surface area (Å²) in [7, 11) is 1.37. The summed E-state index contributed by atoms with van der Waals surface area (Å²) < 4.78 is 10.1. The van der Waals surface area contributed by atoms with Crippen LogP contribution >= 0.6 is 23.6 Å². The number of nitrogens with one attached hydrogen (secondary N) is 2. The van der Waals surface area contributed by atoms with Gasteiger partial charge in [0, 0.05) is 31.1 Å². The van der Waals surface area contributed by atoms with E-state index in [-0.39, 0.29) is 5.97 Å². The molecule has 2 rings (SSSR count). The molecule has 1 fully saturated rings. The van der Waals surface area contributed by atoms with E-state index in [9.17, 15) is 4.79 Å². The summed E-state index contributed by atoms with van der Waals surface area (Å²) in [6.45, 7) is 7.11. The molecule has 1 aliphatic heterocycles. The molecule has 0 amide bonds. The van der Waals surface area contributed by atoms with Crippen molar-refractivity contribution in [3.8, 4) is 0 Å². The number of esters is 1. The van der Waals surface area contributed by atoms with Gasteiger partial charge in [0.1, 0.15) is 5.00 Å². The van der Waals surface area contributed by atoms with Crippen molar-refractivity contribution in [2.45, 2.75) is 6.92 Å². The molecule has 2 heterocycles. The number of carbonyl (C=O) groups excluding carboxylic acids is 1. The number of thiophene rings is 1. The zero-order chi connectivity index (χ0) is 15.9. The van der Waals surface area contributed by atoms with Gasteiger partial charge in [0.25, 0.3) is 0 Å². The smallest absolute Gasteiger partial charge is 0.340 e. The molecule has 0 aromatic carbocycles. The van der Waals surface area contributed by atoms with E-state index in [0.29, 0.717) is 15.7 Å². The summed E-state index contributed by atoms with van der Waals surface area (Å²) in [5.74, 6) is -0.358. The molecule has 0 radical (unpaired) electrons. The maximum atomic E-state index is 11.7. The Bertz CT molecular complexity index is 527. The molecule has 1 saturated heterocycles. The number of methoxy groups -OCH3 is 1. The lowest BCUT2D eigenvalue weighted by molar-refractivity contribution is 0.0389. The molecule has 1 aromatic rings. The van der Waals surface area contributed by atoms with Crippen molar-refractivity contribution in [2.75, 3.05) is 51.8 Å². The predicted octanol–water partition coefficient (Wildman–Crippen LogP) is 1.46. The number of rotatable bonds is 5. The summed E-state index contributed by atoms with van der Waals surface area (Å²) >= 11 is 6.77. The van der Waals surface area contributed by atoms with E-state index in [0.717, 1.165) is 44.3 Å². The van der Waals surface area contributed by atoms with Crippen molar-refractivity contribution in [3.05, 3.63) is 16.5 Å². The molecule has 0 bridgehead atoms. The summed E-state index contributed by atoms with van der Waals surface area (Å²) in [6.07, 6.45) is 0. The van der Waals surface area contributed by atoms with E-state index in [2.05, 4.69) is 15.5 Å². The number of morpholine rings is 1. The lowest BCUT2D eigenvalue weighted by Crippen LogP contribution is -2.42. The lowest BCUT2D eigenvalue weighted by atomic mass is 10.3. The quantitative estimate of drug-likeness (QED) is 0.620. The van der Waals surface area contributed by atoms with Crippen LogP contribution in [0.15, 0.2) is 6.07 Å². The van der Waals surface area contributed by atoms with Crippen molar-refractivity contribution >= 4 is 39.6 Å². The first kappa shape index (κ1) is 17.1. The van der Waals surface area contributed by atoms with Crippen molar-refractivity contribution in [1.82, 2.24) is 10.2 Å². The third-order valence-electron chi connectivity index (χ3n) is 3.30. The fourth-order valence-electron chi connectivity index (χ4n) is 2.17. The average molecular weight is 343 g/mol. The second-order valence-corrected chi connectivity index (χ2v) is 6.59. The number of aryl methyl sites for hydroxylation is 1. The first-order valence-corrected chi connectivity index (χ1v) is 8.36. The number of nitrogens with zero attached hydrogens (tertiary/aromatic N) is 1. The highest BCUT2D eigenvalue weighted by molar-refractivity contribution is 7.80. The molecule has 8 heteroatoms. The van der Waals surface area contributed by atoms with Crippen LogP contribution in [-0.4, -0.2) is 62.5 Å². The minimum atomic E-state index is -0.358. The number of hydrogen-bond donors (Lipinski definition) is 2. The van der Waals surface area contributed by atoms with Gasteiger partial charge in [-0.1, -0.05) is 0 Å². The van der Waals surface area contributed by atoms with Crippen molar-refractivity contribution in [3.63, 3.8) is 0 Å². The highest BCUT2D eigenvalue weighted by Crippen LogP contribution is 2.28. The summed E-state index contributed by atoms with van der Waals surface area (Å²) in [5.41, 5.74) is 0.516. The second kappa shape index (κ2) is 8.42. The zero-order valence-corrected chi connectivity index (χ0v) is 14.4. The number of anilines is 1. The monoisotopic (exact) mass is 343 g/mol. The average Bonchev–Trinajstić information content (AvgIpc) is 2.88. The van der Waals surface area contributed by atoms with Crippen LogP contribution < -0.4 is 10.6 Å². The minimum Gasteiger partial charge on any atom is -0.465 e. The number of ether oxygens (including phenoxy) is 2. The van der Waals surface area contributed by atoms with Gasteiger partial charge in [0.05, 0.1) is 25.9 Å². The lowest BCUT2D eigenvalue weighted by Gasteiger charge is -2.26. The number of carbonyl (C=O) groups is 1. The molecule has 122 valence electrons. The van der Waals surface area contributed by atoms with Crippen LogP contribution in [-0.2, 0) is 9.47 Å². The van der Waals surface area contributed by atoms with Crippen LogP contribution in [0.25, 0.3) is 0 Å². The van der Waals surface area contributed by atoms with Crippen LogP contribution in [0.4, 0.5) is 5.00 Å². The van der Waals surface area contributed by atoms with Crippen LogP contribution in [0.3, 0.4) is 0 Å². The van der Waals surface area contributed by atoms with Gasteiger partial charge < -0.3 is 20.1 Å². The third-order valence-corrected chi connectivity index (χ3v) is 4.52.